The van der Waals surface area contributed by atoms with Gasteiger partial charge in [0.1, 0.15) is 0 Å². The Hall–Kier alpha value is -2.03. The highest BCUT2D eigenvalue weighted by atomic mass is 16.5. The van der Waals surface area contributed by atoms with E-state index in [1.165, 1.54) is 0 Å². The highest BCUT2D eigenvalue weighted by Gasteiger charge is 2.24. The Morgan fingerprint density at radius 3 is 3.00 bits per heavy atom. The van der Waals surface area contributed by atoms with Crippen molar-refractivity contribution in [2.24, 2.45) is 0 Å². The number of nitrogens with zero attached hydrogens (tertiary/aromatic N) is 6. The highest BCUT2D eigenvalue weighted by molar-refractivity contribution is 5.36. The maximum atomic E-state index is 10.3. The van der Waals surface area contributed by atoms with E-state index in [2.05, 4.69) is 32.0 Å². The van der Waals surface area contributed by atoms with Crippen LogP contribution in [0, 0.1) is 0 Å². The molecule has 0 saturated carbocycles. The highest BCUT2D eigenvalue weighted by Crippen LogP contribution is 2.13. The molecule has 3 rings (SSSR count). The minimum absolute atomic E-state index is 0.0904. The van der Waals surface area contributed by atoms with Crippen LogP contribution in [0.15, 0.2) is 36.8 Å². The molecule has 0 amide bonds. The fourth-order valence-corrected chi connectivity index (χ4v) is 3.13. The minimum atomic E-state index is -0.444. The summed E-state index contributed by atoms with van der Waals surface area (Å²) in [6.07, 6.45) is 4.92. The van der Waals surface area contributed by atoms with E-state index in [-0.39, 0.29) is 6.10 Å². The first-order valence-corrected chi connectivity index (χ1v) is 8.76. The Bertz CT molecular complexity index is 609. The largest absolute Gasteiger partial charge is 0.390 e. The van der Waals surface area contributed by atoms with Crippen molar-refractivity contribution >= 4 is 5.82 Å². The second kappa shape index (κ2) is 8.89. The number of likely N-dealkylation sites (N-methyl/N-ethyl adjacent to an activating group) is 1. The van der Waals surface area contributed by atoms with Crippen LogP contribution in [0.1, 0.15) is 6.92 Å². The van der Waals surface area contributed by atoms with Gasteiger partial charge in [0, 0.05) is 51.3 Å². The fourth-order valence-electron chi connectivity index (χ4n) is 3.13. The third-order valence-corrected chi connectivity index (χ3v) is 4.34. The van der Waals surface area contributed by atoms with Crippen molar-refractivity contribution in [2.45, 2.75) is 25.7 Å². The maximum Gasteiger partial charge on any atom is 0.151 e. The van der Waals surface area contributed by atoms with Gasteiger partial charge in [-0.2, -0.15) is 10.2 Å². The van der Waals surface area contributed by atoms with Crippen molar-refractivity contribution in [2.75, 3.05) is 44.2 Å². The molecule has 0 bridgehead atoms. The first kappa shape index (κ1) is 17.8. The normalized spacial score (nSPS) is 19.7. The van der Waals surface area contributed by atoms with Gasteiger partial charge in [-0.1, -0.05) is 0 Å². The molecule has 8 heteroatoms. The van der Waals surface area contributed by atoms with Crippen molar-refractivity contribution in [1.82, 2.24) is 24.9 Å². The van der Waals surface area contributed by atoms with E-state index in [0.717, 1.165) is 32.0 Å². The average molecular weight is 346 g/mol. The molecule has 2 aromatic rings. The molecular formula is C17H26N6O2. The summed E-state index contributed by atoms with van der Waals surface area (Å²) in [6, 6.07) is 5.72. The van der Waals surface area contributed by atoms with Gasteiger partial charge < -0.3 is 14.7 Å². The number of rotatable bonds is 8. The Labute approximate surface area is 148 Å². The quantitative estimate of drug-likeness (QED) is 0.734. The van der Waals surface area contributed by atoms with E-state index in [1.54, 1.807) is 17.1 Å². The standard InChI is InChI=1S/C17H26N6O2/c1-2-22(17-5-3-6-18-20-17)14-16-13-21(9-10-25-16)11-15(24)12-23-8-4-7-19-23/h3-8,15-16,24H,2,9-14H2,1H3. The van der Waals surface area contributed by atoms with Crippen LogP contribution in [0.5, 0.6) is 0 Å². The Kier molecular flexibility index (Phi) is 6.32. The molecular weight excluding hydrogens is 320 g/mol. The maximum absolute atomic E-state index is 10.3. The first-order valence-electron chi connectivity index (χ1n) is 8.76. The molecule has 1 aliphatic heterocycles. The van der Waals surface area contributed by atoms with Crippen LogP contribution in [0.3, 0.4) is 0 Å². The van der Waals surface area contributed by atoms with Crippen molar-refractivity contribution in [3.63, 3.8) is 0 Å². The Morgan fingerprint density at radius 1 is 1.36 bits per heavy atom. The summed E-state index contributed by atoms with van der Waals surface area (Å²) in [5.41, 5.74) is 0. The molecule has 136 valence electrons. The van der Waals surface area contributed by atoms with Gasteiger partial charge in [0.15, 0.2) is 5.82 Å². The molecule has 0 aliphatic carbocycles. The molecule has 0 radical (unpaired) electrons. The van der Waals surface area contributed by atoms with Gasteiger partial charge in [-0.05, 0) is 25.1 Å². The van der Waals surface area contributed by atoms with Gasteiger partial charge in [-0.3, -0.25) is 9.58 Å². The molecule has 1 fully saturated rings. The second-order valence-corrected chi connectivity index (χ2v) is 6.25. The van der Waals surface area contributed by atoms with Gasteiger partial charge in [0.05, 0.1) is 25.4 Å². The number of hydrogen-bond donors (Lipinski definition) is 1. The second-order valence-electron chi connectivity index (χ2n) is 6.25. The molecule has 25 heavy (non-hydrogen) atoms. The average Bonchev–Trinajstić information content (AvgIpc) is 3.13. The zero-order valence-electron chi connectivity index (χ0n) is 14.6. The van der Waals surface area contributed by atoms with Crippen molar-refractivity contribution in [3.8, 4) is 0 Å². The van der Waals surface area contributed by atoms with Crippen LogP contribution in [0.2, 0.25) is 0 Å². The monoisotopic (exact) mass is 346 g/mol. The number of morpholine rings is 1. The lowest BCUT2D eigenvalue weighted by Gasteiger charge is -2.36. The summed E-state index contributed by atoms with van der Waals surface area (Å²) < 4.78 is 7.68. The van der Waals surface area contributed by atoms with Crippen LogP contribution in [0.25, 0.3) is 0 Å². The summed E-state index contributed by atoms with van der Waals surface area (Å²) in [5, 5.41) is 22.6. The molecule has 3 heterocycles. The van der Waals surface area contributed by atoms with E-state index in [4.69, 9.17) is 4.74 Å². The minimum Gasteiger partial charge on any atom is -0.390 e. The predicted molar refractivity (Wildman–Crippen MR) is 94.3 cm³/mol. The fraction of sp³-hybridized carbons (Fsp3) is 0.588. The number of aliphatic hydroxyl groups excluding tert-OH is 1. The molecule has 1 N–H and O–H groups in total. The van der Waals surface area contributed by atoms with Crippen LogP contribution in [-0.4, -0.2) is 81.5 Å². The van der Waals surface area contributed by atoms with Crippen molar-refractivity contribution in [3.05, 3.63) is 36.8 Å². The molecule has 2 unspecified atom stereocenters. The SMILES string of the molecule is CCN(CC1CN(CC(O)Cn2cccn2)CCO1)c1cccnn1. The van der Waals surface area contributed by atoms with Gasteiger partial charge in [-0.25, -0.2) is 0 Å². The van der Waals surface area contributed by atoms with Crippen LogP contribution >= 0.6 is 0 Å². The third-order valence-electron chi connectivity index (χ3n) is 4.34. The molecule has 2 aromatic heterocycles. The number of aromatic nitrogens is 4. The van der Waals surface area contributed by atoms with Crippen LogP contribution in [-0.2, 0) is 11.3 Å². The molecule has 8 nitrogen and oxygen atoms in total. The number of aliphatic hydroxyl groups is 1. The van der Waals surface area contributed by atoms with E-state index in [0.29, 0.717) is 19.7 Å². The predicted octanol–water partition coefficient (Wildman–Crippen LogP) is 0.261. The van der Waals surface area contributed by atoms with E-state index >= 15 is 0 Å². The van der Waals surface area contributed by atoms with Gasteiger partial charge in [0.25, 0.3) is 0 Å². The zero-order valence-corrected chi connectivity index (χ0v) is 14.6. The lowest BCUT2D eigenvalue weighted by atomic mass is 10.2. The lowest BCUT2D eigenvalue weighted by molar-refractivity contribution is -0.0382. The summed E-state index contributed by atoms with van der Waals surface area (Å²) in [7, 11) is 0. The molecule has 0 spiro atoms. The molecule has 2 atom stereocenters. The van der Waals surface area contributed by atoms with Crippen LogP contribution < -0.4 is 4.90 Å². The number of anilines is 1. The van der Waals surface area contributed by atoms with Crippen molar-refractivity contribution < 1.29 is 9.84 Å². The summed E-state index contributed by atoms with van der Waals surface area (Å²) >= 11 is 0. The Balaban J connectivity index is 1.50. The van der Waals surface area contributed by atoms with E-state index in [9.17, 15) is 5.11 Å². The molecule has 1 aliphatic rings. The van der Waals surface area contributed by atoms with Crippen molar-refractivity contribution in [1.29, 1.82) is 0 Å². The van der Waals surface area contributed by atoms with Crippen LogP contribution in [0.4, 0.5) is 5.82 Å². The topological polar surface area (TPSA) is 79.5 Å². The van der Waals surface area contributed by atoms with E-state index < -0.39 is 6.10 Å². The summed E-state index contributed by atoms with van der Waals surface area (Å²) in [5.74, 6) is 0.865. The van der Waals surface area contributed by atoms with E-state index in [1.807, 2.05) is 24.4 Å². The number of β-amino-alcohol motifs (C(OH)–C–C–N with tert-alkyl or cyclic N) is 1. The third kappa shape index (κ3) is 5.22. The Morgan fingerprint density at radius 2 is 2.28 bits per heavy atom. The zero-order chi connectivity index (χ0) is 17.5. The molecule has 0 aromatic carbocycles. The lowest BCUT2D eigenvalue weighted by Crippen LogP contribution is -2.50. The van der Waals surface area contributed by atoms with Gasteiger partial charge >= 0.3 is 0 Å². The first-order chi connectivity index (χ1) is 12.2. The summed E-state index contributed by atoms with van der Waals surface area (Å²) in [6.45, 7) is 7.16. The number of ether oxygens (including phenoxy) is 1. The van der Waals surface area contributed by atoms with Gasteiger partial charge in [0.2, 0.25) is 0 Å². The smallest absolute Gasteiger partial charge is 0.151 e. The summed E-state index contributed by atoms with van der Waals surface area (Å²) in [4.78, 5) is 4.42. The number of hydrogen-bond acceptors (Lipinski definition) is 7. The molecule has 1 saturated heterocycles. The van der Waals surface area contributed by atoms with Gasteiger partial charge in [-0.15, -0.1) is 5.10 Å².